The number of hydrogen-bond donors (Lipinski definition) is 1. The molecular weight excluding hydrogens is 419 g/mol. The molecule has 1 amide bonds. The highest BCUT2D eigenvalue weighted by Crippen LogP contribution is 2.37. The van der Waals surface area contributed by atoms with Crippen molar-refractivity contribution in [3.63, 3.8) is 0 Å². The van der Waals surface area contributed by atoms with Crippen LogP contribution < -0.4 is 0 Å². The third-order valence-corrected chi connectivity index (χ3v) is 7.51. The molecule has 0 spiro atoms. The maximum atomic E-state index is 13.9. The first-order valence-corrected chi connectivity index (χ1v) is 11.7. The SMILES string of the molecule is CCC(CC)(C(=O)N(C)C1CCc2c(CC(=O)O)c3ccccc3n2C1)c1ccc(F)cc1. The summed E-state index contributed by atoms with van der Waals surface area (Å²) in [4.78, 5) is 27.3. The average Bonchev–Trinajstić information content (AvgIpc) is 3.13. The van der Waals surface area contributed by atoms with E-state index in [0.29, 0.717) is 19.4 Å². The number of carboxylic acid groups (broad SMARTS) is 1. The molecule has 1 aliphatic heterocycles. The molecule has 0 radical (unpaired) electrons. The van der Waals surface area contributed by atoms with Crippen LogP contribution in [-0.2, 0) is 34.4 Å². The lowest BCUT2D eigenvalue weighted by atomic mass is 9.74. The maximum Gasteiger partial charge on any atom is 0.307 e. The molecule has 0 aliphatic carbocycles. The van der Waals surface area contributed by atoms with Crippen molar-refractivity contribution in [3.8, 4) is 0 Å². The monoisotopic (exact) mass is 450 g/mol. The predicted octanol–water partition coefficient (Wildman–Crippen LogP) is 4.94. The highest BCUT2D eigenvalue weighted by molar-refractivity contribution is 5.90. The van der Waals surface area contributed by atoms with Crippen molar-refractivity contribution in [2.45, 2.75) is 64.0 Å². The number of likely N-dealkylation sites (N-methyl/N-ethyl adjacent to an activating group) is 1. The Morgan fingerprint density at radius 1 is 1.12 bits per heavy atom. The van der Waals surface area contributed by atoms with E-state index in [1.807, 2.05) is 50.1 Å². The molecule has 5 nitrogen and oxygen atoms in total. The standard InChI is InChI=1S/C27H31FN2O3/c1-4-27(5-2,18-10-12-19(28)13-11-18)26(33)29(3)20-14-15-24-22(16-25(31)32)21-8-6-7-9-23(21)30(24)17-20/h6-13,20H,4-5,14-17H2,1-3H3,(H,31,32). The van der Waals surface area contributed by atoms with E-state index >= 15 is 0 Å². The molecule has 174 valence electrons. The fraction of sp³-hybridized carbons (Fsp3) is 0.407. The summed E-state index contributed by atoms with van der Waals surface area (Å²) in [6.45, 7) is 4.65. The lowest BCUT2D eigenvalue weighted by Crippen LogP contribution is -2.51. The van der Waals surface area contributed by atoms with Crippen LogP contribution in [0.5, 0.6) is 0 Å². The van der Waals surface area contributed by atoms with Gasteiger partial charge in [0.25, 0.3) is 0 Å². The van der Waals surface area contributed by atoms with E-state index in [1.165, 1.54) is 12.1 Å². The molecule has 1 aliphatic rings. The first kappa shape index (κ1) is 23.0. The Hall–Kier alpha value is -3.15. The average molecular weight is 451 g/mol. The first-order chi connectivity index (χ1) is 15.8. The molecule has 1 aromatic heterocycles. The second-order valence-corrected chi connectivity index (χ2v) is 9.03. The molecule has 0 saturated heterocycles. The van der Waals surface area contributed by atoms with E-state index in [0.717, 1.165) is 40.6 Å². The molecule has 3 aromatic rings. The van der Waals surface area contributed by atoms with Crippen LogP contribution in [0.3, 0.4) is 0 Å². The van der Waals surface area contributed by atoms with Crippen molar-refractivity contribution in [2.75, 3.05) is 7.05 Å². The van der Waals surface area contributed by atoms with E-state index in [2.05, 4.69) is 4.57 Å². The van der Waals surface area contributed by atoms with Gasteiger partial charge in [-0.25, -0.2) is 4.39 Å². The minimum atomic E-state index is -0.835. The van der Waals surface area contributed by atoms with Crippen LogP contribution in [0.1, 0.15) is 49.9 Å². The highest BCUT2D eigenvalue weighted by atomic mass is 19.1. The summed E-state index contributed by atoms with van der Waals surface area (Å²) in [5, 5.41) is 10.4. The Kier molecular flexibility index (Phi) is 6.28. The van der Waals surface area contributed by atoms with Gasteiger partial charge in [-0.1, -0.05) is 44.2 Å². The zero-order valence-corrected chi connectivity index (χ0v) is 19.5. The number of carbonyl (C=O) groups is 2. The summed E-state index contributed by atoms with van der Waals surface area (Å²) in [5.74, 6) is -1.09. The van der Waals surface area contributed by atoms with Crippen molar-refractivity contribution < 1.29 is 19.1 Å². The number of aromatic nitrogens is 1. The number of carbonyl (C=O) groups excluding carboxylic acids is 1. The normalized spacial score (nSPS) is 15.9. The van der Waals surface area contributed by atoms with Gasteiger partial charge >= 0.3 is 5.97 Å². The van der Waals surface area contributed by atoms with Crippen LogP contribution in [0, 0.1) is 5.82 Å². The fourth-order valence-electron chi connectivity index (χ4n) is 5.55. The zero-order chi connectivity index (χ0) is 23.8. The largest absolute Gasteiger partial charge is 0.481 e. The van der Waals surface area contributed by atoms with Crippen LogP contribution in [0.2, 0.25) is 0 Å². The van der Waals surface area contributed by atoms with E-state index in [1.54, 1.807) is 12.1 Å². The molecule has 4 rings (SSSR count). The number of halogens is 1. The fourth-order valence-corrected chi connectivity index (χ4v) is 5.55. The summed E-state index contributed by atoms with van der Waals surface area (Å²) in [5.41, 5.74) is 3.11. The quantitative estimate of drug-likeness (QED) is 0.555. The molecule has 0 saturated carbocycles. The molecule has 0 fully saturated rings. The summed E-state index contributed by atoms with van der Waals surface area (Å²) >= 11 is 0. The number of carboxylic acids is 1. The number of fused-ring (bicyclic) bond motifs is 3. The molecule has 1 unspecified atom stereocenters. The van der Waals surface area contributed by atoms with Gasteiger partial charge in [0.15, 0.2) is 0 Å². The van der Waals surface area contributed by atoms with E-state index in [9.17, 15) is 19.1 Å². The Balaban J connectivity index is 1.67. The van der Waals surface area contributed by atoms with E-state index in [-0.39, 0.29) is 24.2 Å². The molecule has 2 heterocycles. The second kappa shape index (κ2) is 9.00. The number of amides is 1. The van der Waals surface area contributed by atoms with Crippen LogP contribution in [-0.4, -0.2) is 39.5 Å². The third kappa shape index (κ3) is 3.92. The summed E-state index contributed by atoms with van der Waals surface area (Å²) < 4.78 is 15.7. The predicted molar refractivity (Wildman–Crippen MR) is 127 cm³/mol. The van der Waals surface area contributed by atoms with Crippen molar-refractivity contribution in [1.82, 2.24) is 9.47 Å². The van der Waals surface area contributed by atoms with Crippen LogP contribution >= 0.6 is 0 Å². The van der Waals surface area contributed by atoms with Gasteiger partial charge in [0, 0.05) is 36.2 Å². The highest BCUT2D eigenvalue weighted by Gasteiger charge is 2.41. The molecule has 2 aromatic carbocycles. The van der Waals surface area contributed by atoms with Gasteiger partial charge in [-0.15, -0.1) is 0 Å². The maximum absolute atomic E-state index is 13.9. The number of para-hydroxylation sites is 1. The number of rotatable bonds is 7. The van der Waals surface area contributed by atoms with E-state index < -0.39 is 11.4 Å². The van der Waals surface area contributed by atoms with Gasteiger partial charge in [-0.05, 0) is 55.0 Å². The smallest absolute Gasteiger partial charge is 0.307 e. The van der Waals surface area contributed by atoms with Gasteiger partial charge in [0.1, 0.15) is 5.82 Å². The topological polar surface area (TPSA) is 62.5 Å². The molecule has 0 bridgehead atoms. The molecule has 1 N–H and O–H groups in total. The lowest BCUT2D eigenvalue weighted by molar-refractivity contribution is -0.139. The summed E-state index contributed by atoms with van der Waals surface area (Å²) in [6, 6.07) is 14.2. The molecular formula is C27H31FN2O3. The van der Waals surface area contributed by atoms with Crippen LogP contribution in [0.25, 0.3) is 10.9 Å². The third-order valence-electron chi connectivity index (χ3n) is 7.51. The number of nitrogens with zero attached hydrogens (tertiary/aromatic N) is 2. The van der Waals surface area contributed by atoms with Gasteiger partial charge < -0.3 is 14.6 Å². The lowest BCUT2D eigenvalue weighted by Gasteiger charge is -2.40. The van der Waals surface area contributed by atoms with Crippen molar-refractivity contribution >= 4 is 22.8 Å². The van der Waals surface area contributed by atoms with Crippen molar-refractivity contribution in [2.24, 2.45) is 0 Å². The Morgan fingerprint density at radius 2 is 1.79 bits per heavy atom. The van der Waals surface area contributed by atoms with E-state index in [4.69, 9.17) is 0 Å². The summed E-state index contributed by atoms with van der Waals surface area (Å²) in [6.07, 6.45) is 2.76. The van der Waals surface area contributed by atoms with Gasteiger partial charge in [0.2, 0.25) is 5.91 Å². The Morgan fingerprint density at radius 3 is 2.42 bits per heavy atom. The zero-order valence-electron chi connectivity index (χ0n) is 19.5. The minimum Gasteiger partial charge on any atom is -0.481 e. The van der Waals surface area contributed by atoms with Crippen LogP contribution in [0.4, 0.5) is 4.39 Å². The van der Waals surface area contributed by atoms with Gasteiger partial charge in [-0.2, -0.15) is 0 Å². The first-order valence-electron chi connectivity index (χ1n) is 11.7. The van der Waals surface area contributed by atoms with Crippen molar-refractivity contribution in [3.05, 3.63) is 71.2 Å². The number of hydrogen-bond acceptors (Lipinski definition) is 2. The summed E-state index contributed by atoms with van der Waals surface area (Å²) in [7, 11) is 1.87. The number of benzene rings is 2. The molecule has 33 heavy (non-hydrogen) atoms. The van der Waals surface area contributed by atoms with Crippen molar-refractivity contribution in [1.29, 1.82) is 0 Å². The number of aliphatic carboxylic acids is 1. The minimum absolute atomic E-state index is 0.00162. The van der Waals surface area contributed by atoms with Gasteiger partial charge in [-0.3, -0.25) is 9.59 Å². The van der Waals surface area contributed by atoms with Crippen LogP contribution in [0.15, 0.2) is 48.5 Å². The van der Waals surface area contributed by atoms with Gasteiger partial charge in [0.05, 0.1) is 11.8 Å². The molecule has 6 heteroatoms. The second-order valence-electron chi connectivity index (χ2n) is 9.03. The molecule has 1 atom stereocenters. The Bertz CT molecular complexity index is 1180. The Labute approximate surface area is 193 Å².